The second-order valence-electron chi connectivity index (χ2n) is 8.49. The average molecular weight is 566 g/mol. The summed E-state index contributed by atoms with van der Waals surface area (Å²) in [5.41, 5.74) is 1.66. The summed E-state index contributed by atoms with van der Waals surface area (Å²) in [5.74, 6) is 1.75. The van der Waals surface area contributed by atoms with E-state index in [1.807, 2.05) is 63.5 Å². The summed E-state index contributed by atoms with van der Waals surface area (Å²) in [4.78, 5) is 23.5. The van der Waals surface area contributed by atoms with Crippen LogP contribution in [0.1, 0.15) is 43.9 Å². The number of guanidine groups is 1. The van der Waals surface area contributed by atoms with Gasteiger partial charge in [-0.2, -0.15) is 0 Å². The van der Waals surface area contributed by atoms with Crippen LogP contribution in [0.15, 0.2) is 53.7 Å². The third-order valence-electron chi connectivity index (χ3n) is 5.81. The zero-order valence-corrected chi connectivity index (χ0v) is 22.2. The van der Waals surface area contributed by atoms with E-state index in [-0.39, 0.29) is 35.3 Å². The van der Waals surface area contributed by atoms with E-state index in [1.54, 1.807) is 11.1 Å². The highest BCUT2D eigenvalue weighted by molar-refractivity contribution is 14.0. The Bertz CT molecular complexity index is 881. The predicted molar refractivity (Wildman–Crippen MR) is 143 cm³/mol. The topological polar surface area (TPSA) is 78.9 Å². The van der Waals surface area contributed by atoms with Gasteiger partial charge in [-0.15, -0.1) is 24.0 Å². The minimum Gasteiger partial charge on any atom is -0.487 e. The van der Waals surface area contributed by atoms with E-state index >= 15 is 0 Å². The van der Waals surface area contributed by atoms with Crippen LogP contribution in [0, 0.1) is 5.41 Å². The van der Waals surface area contributed by atoms with Crippen LogP contribution < -0.4 is 15.4 Å². The van der Waals surface area contributed by atoms with Crippen molar-refractivity contribution in [3.05, 3.63) is 59.9 Å². The van der Waals surface area contributed by atoms with Crippen LogP contribution in [-0.2, 0) is 17.9 Å². The van der Waals surface area contributed by atoms with Gasteiger partial charge in [-0.3, -0.25) is 9.78 Å². The number of ether oxygens (including phenoxy) is 1. The lowest BCUT2D eigenvalue weighted by Gasteiger charge is -2.31. The number of rotatable bonds is 9. The molecule has 8 heteroatoms. The van der Waals surface area contributed by atoms with Gasteiger partial charge in [-0.25, -0.2) is 4.99 Å². The van der Waals surface area contributed by atoms with Crippen molar-refractivity contribution in [3.8, 4) is 5.75 Å². The molecule has 0 spiro atoms. The van der Waals surface area contributed by atoms with Crippen LogP contribution >= 0.6 is 24.0 Å². The molecule has 2 N–H and O–H groups in total. The summed E-state index contributed by atoms with van der Waals surface area (Å²) >= 11 is 0. The first-order valence-corrected chi connectivity index (χ1v) is 11.4. The Hall–Kier alpha value is -2.36. The molecule has 7 nitrogen and oxygen atoms in total. The van der Waals surface area contributed by atoms with Gasteiger partial charge in [0.2, 0.25) is 5.91 Å². The molecule has 1 amide bonds. The third kappa shape index (κ3) is 7.87. The standard InChI is InChI=1S/C25H35N5O2.HI/c1-4-26-24(29-19-25(14-6-7-15-25)23(31)30(2)3)28-17-20-10-12-22(13-11-20)32-18-21-9-5-8-16-27-21;/h5,8-13,16H,4,6-7,14-15,17-19H2,1-3H3,(H2,26,28,29);1H. The van der Waals surface area contributed by atoms with Gasteiger partial charge >= 0.3 is 0 Å². The quantitative estimate of drug-likeness (QED) is 0.273. The van der Waals surface area contributed by atoms with Gasteiger partial charge in [-0.1, -0.05) is 31.0 Å². The molecule has 0 bridgehead atoms. The van der Waals surface area contributed by atoms with Crippen LogP contribution in [0.3, 0.4) is 0 Å². The Morgan fingerprint density at radius 2 is 1.85 bits per heavy atom. The number of amides is 1. The Balaban J connectivity index is 0.00000385. The lowest BCUT2D eigenvalue weighted by Crippen LogP contribution is -2.49. The summed E-state index contributed by atoms with van der Waals surface area (Å²) < 4.78 is 5.80. The Morgan fingerprint density at radius 3 is 2.45 bits per heavy atom. The largest absolute Gasteiger partial charge is 0.487 e. The van der Waals surface area contributed by atoms with Crippen molar-refractivity contribution in [1.82, 2.24) is 20.5 Å². The van der Waals surface area contributed by atoms with Gasteiger partial charge in [0.15, 0.2) is 5.96 Å². The minimum atomic E-state index is -0.327. The van der Waals surface area contributed by atoms with Gasteiger partial charge in [-0.05, 0) is 49.6 Å². The molecule has 1 fully saturated rings. The van der Waals surface area contributed by atoms with E-state index in [0.29, 0.717) is 19.7 Å². The smallest absolute Gasteiger partial charge is 0.230 e. The number of halogens is 1. The zero-order valence-electron chi connectivity index (χ0n) is 19.8. The lowest BCUT2D eigenvalue weighted by atomic mass is 9.84. The van der Waals surface area contributed by atoms with Crippen LogP contribution in [0.5, 0.6) is 5.75 Å². The summed E-state index contributed by atoms with van der Waals surface area (Å²) in [6, 6.07) is 13.7. The van der Waals surface area contributed by atoms with E-state index < -0.39 is 0 Å². The molecule has 1 aromatic carbocycles. The minimum absolute atomic E-state index is 0. The van der Waals surface area contributed by atoms with Crippen molar-refractivity contribution in [2.75, 3.05) is 27.2 Å². The molecule has 33 heavy (non-hydrogen) atoms. The van der Waals surface area contributed by atoms with Gasteiger partial charge in [0.1, 0.15) is 12.4 Å². The van der Waals surface area contributed by atoms with Crippen molar-refractivity contribution in [3.63, 3.8) is 0 Å². The summed E-state index contributed by atoms with van der Waals surface area (Å²) in [5, 5.41) is 6.71. The highest BCUT2D eigenvalue weighted by Gasteiger charge is 2.42. The molecule has 1 aromatic heterocycles. The zero-order chi connectivity index (χ0) is 22.8. The number of hydrogen-bond acceptors (Lipinski definition) is 4. The molecular weight excluding hydrogens is 529 g/mol. The van der Waals surface area contributed by atoms with E-state index in [1.165, 1.54) is 0 Å². The molecule has 0 saturated heterocycles. The fourth-order valence-corrected chi connectivity index (χ4v) is 4.09. The number of hydrogen-bond donors (Lipinski definition) is 2. The molecule has 0 atom stereocenters. The normalized spacial score (nSPS) is 14.8. The maximum Gasteiger partial charge on any atom is 0.230 e. The second-order valence-corrected chi connectivity index (χ2v) is 8.49. The second kappa shape index (κ2) is 13.4. The van der Waals surface area contributed by atoms with Gasteiger partial charge in [0, 0.05) is 33.4 Å². The average Bonchev–Trinajstić information content (AvgIpc) is 3.30. The maximum atomic E-state index is 12.8. The molecule has 3 rings (SSSR count). The van der Waals surface area contributed by atoms with Crippen molar-refractivity contribution in [1.29, 1.82) is 0 Å². The third-order valence-corrected chi connectivity index (χ3v) is 5.81. The number of aliphatic imine (C=N–C) groups is 1. The Kier molecular flexibility index (Phi) is 10.9. The molecule has 180 valence electrons. The highest BCUT2D eigenvalue weighted by Crippen LogP contribution is 2.38. The first kappa shape index (κ1) is 26.9. The van der Waals surface area contributed by atoms with Crippen molar-refractivity contribution >= 4 is 35.8 Å². The predicted octanol–water partition coefficient (Wildman–Crippen LogP) is 3.98. The molecule has 0 unspecified atom stereocenters. The molecule has 2 aromatic rings. The van der Waals surface area contributed by atoms with Gasteiger partial charge < -0.3 is 20.3 Å². The number of carbonyl (C=O) groups excluding carboxylic acids is 1. The monoisotopic (exact) mass is 565 g/mol. The molecule has 0 aliphatic heterocycles. The highest BCUT2D eigenvalue weighted by atomic mass is 127. The Labute approximate surface area is 214 Å². The molecule has 1 saturated carbocycles. The van der Waals surface area contributed by atoms with E-state index in [0.717, 1.165) is 55.2 Å². The van der Waals surface area contributed by atoms with E-state index in [4.69, 9.17) is 9.73 Å². The summed E-state index contributed by atoms with van der Waals surface area (Å²) in [6.45, 7) is 4.41. The number of carbonyl (C=O) groups is 1. The molecule has 1 aliphatic rings. The fourth-order valence-electron chi connectivity index (χ4n) is 4.09. The number of aromatic nitrogens is 1. The van der Waals surface area contributed by atoms with Crippen molar-refractivity contribution in [2.45, 2.75) is 45.8 Å². The van der Waals surface area contributed by atoms with Gasteiger partial charge in [0.25, 0.3) is 0 Å². The fraction of sp³-hybridized carbons (Fsp3) is 0.480. The summed E-state index contributed by atoms with van der Waals surface area (Å²) in [6.07, 6.45) is 5.82. The van der Waals surface area contributed by atoms with Crippen LogP contribution in [-0.4, -0.2) is 48.9 Å². The first-order chi connectivity index (χ1) is 15.5. The molecule has 1 heterocycles. The lowest BCUT2D eigenvalue weighted by molar-refractivity contribution is -0.138. The molecule has 0 radical (unpaired) electrons. The van der Waals surface area contributed by atoms with Crippen molar-refractivity contribution < 1.29 is 9.53 Å². The Morgan fingerprint density at radius 1 is 1.12 bits per heavy atom. The van der Waals surface area contributed by atoms with Crippen molar-refractivity contribution in [2.24, 2.45) is 10.4 Å². The SMILES string of the molecule is CCNC(=NCc1ccc(OCc2ccccn2)cc1)NCC1(C(=O)N(C)C)CCCC1.I. The van der Waals surface area contributed by atoms with Gasteiger partial charge in [0.05, 0.1) is 17.7 Å². The number of pyridine rings is 1. The first-order valence-electron chi connectivity index (χ1n) is 11.4. The van der Waals surface area contributed by atoms with E-state index in [9.17, 15) is 4.79 Å². The van der Waals surface area contributed by atoms with Crippen LogP contribution in [0.2, 0.25) is 0 Å². The van der Waals surface area contributed by atoms with Crippen LogP contribution in [0.4, 0.5) is 0 Å². The number of nitrogens with zero attached hydrogens (tertiary/aromatic N) is 3. The molecule has 1 aliphatic carbocycles. The number of benzene rings is 1. The number of nitrogens with one attached hydrogen (secondary N) is 2. The van der Waals surface area contributed by atoms with E-state index in [2.05, 4.69) is 15.6 Å². The maximum absolute atomic E-state index is 12.8. The molecular formula is C25H36IN5O2. The van der Waals surface area contributed by atoms with Crippen LogP contribution in [0.25, 0.3) is 0 Å². The summed E-state index contributed by atoms with van der Waals surface area (Å²) in [7, 11) is 3.68.